The van der Waals surface area contributed by atoms with E-state index in [0.29, 0.717) is 26.4 Å². The van der Waals surface area contributed by atoms with Crippen LogP contribution >= 0.6 is 22.9 Å². The van der Waals surface area contributed by atoms with E-state index in [2.05, 4.69) is 20.2 Å². The zero-order chi connectivity index (χ0) is 21.8. The number of anilines is 2. The maximum absolute atomic E-state index is 12.5. The van der Waals surface area contributed by atoms with E-state index in [0.717, 1.165) is 5.56 Å². The highest BCUT2D eigenvalue weighted by molar-refractivity contribution is 7.92. The number of nitrogens with zero attached hydrogens (tertiary/aromatic N) is 2. The van der Waals surface area contributed by atoms with Gasteiger partial charge in [-0.1, -0.05) is 53.3 Å². The van der Waals surface area contributed by atoms with Crippen LogP contribution in [-0.2, 0) is 10.0 Å². The molecule has 0 aliphatic carbocycles. The van der Waals surface area contributed by atoms with Crippen LogP contribution < -0.4 is 10.0 Å². The van der Waals surface area contributed by atoms with Gasteiger partial charge in [0.15, 0.2) is 0 Å². The first-order valence-electron chi connectivity index (χ1n) is 8.99. The standard InChI is InChI=1S/C21H15ClN4O3S2/c22-16-8-10-17(11-9-16)26-31(28,29)18-12-6-14(7-13-18)19(27)23-21-25-24-20(30-21)15-4-2-1-3-5-15/h1-13,26H,(H,23,25,27). The van der Waals surface area contributed by atoms with Crippen LogP contribution in [0.25, 0.3) is 10.6 Å². The van der Waals surface area contributed by atoms with Crippen molar-refractivity contribution in [1.82, 2.24) is 10.2 Å². The highest BCUT2D eigenvalue weighted by Crippen LogP contribution is 2.26. The molecule has 1 heterocycles. The molecule has 10 heteroatoms. The van der Waals surface area contributed by atoms with Crippen LogP contribution in [0.1, 0.15) is 10.4 Å². The van der Waals surface area contributed by atoms with Crippen LogP contribution in [0.2, 0.25) is 5.02 Å². The van der Waals surface area contributed by atoms with Gasteiger partial charge in [-0.25, -0.2) is 8.42 Å². The second-order valence-corrected chi connectivity index (χ2v) is 9.47. The fourth-order valence-corrected chi connectivity index (χ4v) is 4.59. The number of hydrogen-bond acceptors (Lipinski definition) is 6. The van der Waals surface area contributed by atoms with Crippen LogP contribution in [0.4, 0.5) is 10.8 Å². The van der Waals surface area contributed by atoms with Crippen molar-refractivity contribution in [3.05, 3.63) is 89.4 Å². The summed E-state index contributed by atoms with van der Waals surface area (Å²) in [6.45, 7) is 0. The summed E-state index contributed by atoms with van der Waals surface area (Å²) in [5.41, 5.74) is 1.59. The molecule has 1 amide bonds. The van der Waals surface area contributed by atoms with Gasteiger partial charge < -0.3 is 0 Å². The zero-order valence-electron chi connectivity index (χ0n) is 15.8. The van der Waals surface area contributed by atoms with Crippen LogP contribution in [0, 0.1) is 0 Å². The average Bonchev–Trinajstić information content (AvgIpc) is 3.24. The second kappa shape index (κ2) is 8.84. The minimum Gasteiger partial charge on any atom is -0.296 e. The molecule has 0 unspecified atom stereocenters. The third-order valence-electron chi connectivity index (χ3n) is 4.19. The highest BCUT2D eigenvalue weighted by atomic mass is 35.5. The molecular formula is C21H15ClN4O3S2. The average molecular weight is 471 g/mol. The van der Waals surface area contributed by atoms with Gasteiger partial charge >= 0.3 is 0 Å². The topological polar surface area (TPSA) is 101 Å². The van der Waals surface area contributed by atoms with Crippen molar-refractivity contribution in [2.45, 2.75) is 4.90 Å². The Kier molecular flexibility index (Phi) is 5.99. The first-order chi connectivity index (χ1) is 14.9. The van der Waals surface area contributed by atoms with Crippen LogP contribution in [0.3, 0.4) is 0 Å². The number of hydrogen-bond donors (Lipinski definition) is 2. The van der Waals surface area contributed by atoms with Crippen molar-refractivity contribution >= 4 is 49.7 Å². The lowest BCUT2D eigenvalue weighted by molar-refractivity contribution is 0.102. The van der Waals surface area contributed by atoms with E-state index in [1.807, 2.05) is 30.3 Å². The van der Waals surface area contributed by atoms with Crippen molar-refractivity contribution in [3.63, 3.8) is 0 Å². The molecule has 1 aromatic heterocycles. The van der Waals surface area contributed by atoms with Crippen LogP contribution in [0.5, 0.6) is 0 Å². The molecule has 31 heavy (non-hydrogen) atoms. The van der Waals surface area contributed by atoms with Crippen molar-refractivity contribution in [3.8, 4) is 10.6 Å². The second-order valence-electron chi connectivity index (χ2n) is 6.37. The molecule has 4 aromatic rings. The molecule has 0 aliphatic rings. The number of sulfonamides is 1. The maximum atomic E-state index is 12.5. The van der Waals surface area contributed by atoms with Gasteiger partial charge in [0.2, 0.25) is 5.13 Å². The fraction of sp³-hybridized carbons (Fsp3) is 0. The molecule has 0 spiro atoms. The Morgan fingerprint density at radius 1 is 0.871 bits per heavy atom. The van der Waals surface area contributed by atoms with Crippen LogP contribution in [0.15, 0.2) is 83.8 Å². The minimum atomic E-state index is -3.80. The Balaban J connectivity index is 1.44. The Morgan fingerprint density at radius 2 is 1.55 bits per heavy atom. The molecular weight excluding hydrogens is 456 g/mol. The monoisotopic (exact) mass is 470 g/mol. The number of amides is 1. The number of aromatic nitrogens is 2. The highest BCUT2D eigenvalue weighted by Gasteiger charge is 2.16. The van der Waals surface area contributed by atoms with E-state index in [1.54, 1.807) is 24.3 Å². The molecule has 0 aliphatic heterocycles. The fourth-order valence-electron chi connectivity index (χ4n) is 2.66. The lowest BCUT2D eigenvalue weighted by Gasteiger charge is -2.09. The summed E-state index contributed by atoms with van der Waals surface area (Å²) < 4.78 is 27.5. The smallest absolute Gasteiger partial charge is 0.261 e. The summed E-state index contributed by atoms with van der Waals surface area (Å²) >= 11 is 7.06. The molecule has 156 valence electrons. The first-order valence-corrected chi connectivity index (χ1v) is 11.7. The van der Waals surface area contributed by atoms with Crippen molar-refractivity contribution in [2.24, 2.45) is 0 Å². The molecule has 0 saturated heterocycles. The molecule has 7 nitrogen and oxygen atoms in total. The number of halogens is 1. The zero-order valence-corrected chi connectivity index (χ0v) is 18.2. The summed E-state index contributed by atoms with van der Waals surface area (Å²) in [6, 6.07) is 21.4. The molecule has 0 fully saturated rings. The Bertz CT molecular complexity index is 1310. The molecule has 0 atom stereocenters. The van der Waals surface area contributed by atoms with Crippen molar-refractivity contribution in [1.29, 1.82) is 0 Å². The first kappa shape index (κ1) is 21.0. The largest absolute Gasteiger partial charge is 0.296 e. The SMILES string of the molecule is O=C(Nc1nnc(-c2ccccc2)s1)c1ccc(S(=O)(=O)Nc2ccc(Cl)cc2)cc1. The number of carbonyl (C=O) groups excluding carboxylic acids is 1. The number of carbonyl (C=O) groups is 1. The van der Waals surface area contributed by atoms with E-state index >= 15 is 0 Å². The van der Waals surface area contributed by atoms with E-state index in [9.17, 15) is 13.2 Å². The summed E-state index contributed by atoms with van der Waals surface area (Å²) in [4.78, 5) is 12.5. The number of benzene rings is 3. The molecule has 0 bridgehead atoms. The number of rotatable bonds is 6. The Labute approximate surface area is 187 Å². The molecule has 2 N–H and O–H groups in total. The minimum absolute atomic E-state index is 0.0290. The van der Waals surface area contributed by atoms with Gasteiger partial charge in [-0.15, -0.1) is 10.2 Å². The summed E-state index contributed by atoms with van der Waals surface area (Å²) in [7, 11) is -3.80. The lowest BCUT2D eigenvalue weighted by Crippen LogP contribution is -2.14. The third-order valence-corrected chi connectivity index (χ3v) is 6.73. The van der Waals surface area contributed by atoms with E-state index in [4.69, 9.17) is 11.6 Å². The van der Waals surface area contributed by atoms with Gasteiger partial charge in [0.05, 0.1) is 4.90 Å². The van der Waals surface area contributed by atoms with E-state index < -0.39 is 15.9 Å². The van der Waals surface area contributed by atoms with Crippen molar-refractivity contribution < 1.29 is 13.2 Å². The Morgan fingerprint density at radius 3 is 2.23 bits per heavy atom. The Hall–Kier alpha value is -3.27. The van der Waals surface area contributed by atoms with Crippen LogP contribution in [-0.4, -0.2) is 24.5 Å². The lowest BCUT2D eigenvalue weighted by atomic mass is 10.2. The van der Waals surface area contributed by atoms with Gasteiger partial charge in [-0.3, -0.25) is 14.8 Å². The number of nitrogens with one attached hydrogen (secondary N) is 2. The summed E-state index contributed by atoms with van der Waals surface area (Å²) in [5.74, 6) is -0.412. The van der Waals surface area contributed by atoms with Gasteiger partial charge in [-0.2, -0.15) is 0 Å². The molecule has 0 saturated carbocycles. The van der Waals surface area contributed by atoms with Gasteiger partial charge in [0.25, 0.3) is 15.9 Å². The molecule has 0 radical (unpaired) electrons. The van der Waals surface area contributed by atoms with E-state index in [-0.39, 0.29) is 4.90 Å². The summed E-state index contributed by atoms with van der Waals surface area (Å²) in [6.07, 6.45) is 0. The normalized spacial score (nSPS) is 11.1. The third kappa shape index (κ3) is 5.08. The van der Waals surface area contributed by atoms with E-state index in [1.165, 1.54) is 35.6 Å². The summed E-state index contributed by atoms with van der Waals surface area (Å²) in [5, 5.41) is 12.3. The maximum Gasteiger partial charge on any atom is 0.261 e. The predicted molar refractivity (Wildman–Crippen MR) is 122 cm³/mol. The van der Waals surface area contributed by atoms with Crippen molar-refractivity contribution in [2.75, 3.05) is 10.0 Å². The molecule has 3 aromatic carbocycles. The quantitative estimate of drug-likeness (QED) is 0.417. The van der Waals surface area contributed by atoms with Gasteiger partial charge in [-0.05, 0) is 48.5 Å². The predicted octanol–water partition coefficient (Wildman–Crippen LogP) is 4.91. The molecule has 4 rings (SSSR count). The van der Waals surface area contributed by atoms with Gasteiger partial charge in [0, 0.05) is 21.8 Å². The van der Waals surface area contributed by atoms with Gasteiger partial charge in [0.1, 0.15) is 5.01 Å².